The van der Waals surface area contributed by atoms with Gasteiger partial charge in [0.15, 0.2) is 0 Å². The van der Waals surface area contributed by atoms with Crippen LogP contribution in [0.1, 0.15) is 42.5 Å². The van der Waals surface area contributed by atoms with Crippen molar-refractivity contribution >= 4 is 16.9 Å². The zero-order chi connectivity index (χ0) is 26.5. The molecule has 1 saturated carbocycles. The summed E-state index contributed by atoms with van der Waals surface area (Å²) in [6, 6.07) is 6.43. The first-order chi connectivity index (χ1) is 18.5. The van der Waals surface area contributed by atoms with Gasteiger partial charge in [0.25, 0.3) is 11.5 Å². The number of hydrogen-bond donors (Lipinski definition) is 1. The van der Waals surface area contributed by atoms with Crippen LogP contribution in [0.5, 0.6) is 5.75 Å². The van der Waals surface area contributed by atoms with Gasteiger partial charge in [-0.3, -0.25) is 24.0 Å². The summed E-state index contributed by atoms with van der Waals surface area (Å²) in [5, 5.41) is 3.67. The van der Waals surface area contributed by atoms with Crippen molar-refractivity contribution in [3.05, 3.63) is 52.6 Å². The van der Waals surface area contributed by atoms with E-state index in [-0.39, 0.29) is 28.8 Å². The highest BCUT2D eigenvalue weighted by molar-refractivity contribution is 5.97. The lowest BCUT2D eigenvalue weighted by molar-refractivity contribution is -0.0500. The first-order valence-electron chi connectivity index (χ1n) is 13.0. The number of fused-ring (bicyclic) bond motifs is 1. The van der Waals surface area contributed by atoms with E-state index in [4.69, 9.17) is 4.74 Å². The molecule has 5 rings (SSSR count). The molecule has 2 fully saturated rings. The zero-order valence-corrected chi connectivity index (χ0v) is 21.1. The third kappa shape index (κ3) is 6.16. The molecule has 3 aromatic heterocycles. The summed E-state index contributed by atoms with van der Waals surface area (Å²) in [5.74, 6) is -0.419. The molecule has 0 atom stereocenters. The van der Waals surface area contributed by atoms with Gasteiger partial charge in [-0.1, -0.05) is 19.3 Å². The van der Waals surface area contributed by atoms with Crippen LogP contribution in [0.15, 0.2) is 41.5 Å². The SMILES string of the molecule is O=C(NC1CCCCC1)c1cc2cc(-c3ccc(OC(F)F)cn3)cnc2n(CCN2CCOCC2)c1=O. The number of alkyl halides is 2. The Balaban J connectivity index is 1.48. The Hall–Kier alpha value is -3.44. The summed E-state index contributed by atoms with van der Waals surface area (Å²) in [6.07, 6.45) is 7.92. The van der Waals surface area contributed by atoms with Crippen molar-refractivity contribution in [2.75, 3.05) is 32.8 Å². The summed E-state index contributed by atoms with van der Waals surface area (Å²) in [7, 11) is 0. The van der Waals surface area contributed by atoms with Crippen LogP contribution in [0, 0.1) is 0 Å². The van der Waals surface area contributed by atoms with E-state index in [0.717, 1.165) is 45.2 Å². The molecule has 0 bridgehead atoms. The molecule has 1 N–H and O–H groups in total. The number of carbonyl (C=O) groups excluding carboxylic acids is 1. The summed E-state index contributed by atoms with van der Waals surface area (Å²) in [6.45, 7) is 0.931. The molecule has 11 heteroatoms. The maximum Gasteiger partial charge on any atom is 0.387 e. The fourth-order valence-electron chi connectivity index (χ4n) is 5.08. The van der Waals surface area contributed by atoms with E-state index in [1.807, 2.05) is 0 Å². The Labute approximate surface area is 218 Å². The van der Waals surface area contributed by atoms with Crippen LogP contribution in [0.25, 0.3) is 22.3 Å². The van der Waals surface area contributed by atoms with Crippen molar-refractivity contribution in [3.63, 3.8) is 0 Å². The third-order valence-corrected chi connectivity index (χ3v) is 7.11. The number of hydrogen-bond acceptors (Lipinski definition) is 7. The minimum Gasteiger partial charge on any atom is -0.433 e. The minimum atomic E-state index is -2.93. The molecule has 2 aliphatic rings. The lowest BCUT2D eigenvalue weighted by Gasteiger charge is -2.27. The van der Waals surface area contributed by atoms with E-state index in [9.17, 15) is 18.4 Å². The van der Waals surface area contributed by atoms with Gasteiger partial charge in [-0.05, 0) is 37.1 Å². The van der Waals surface area contributed by atoms with Gasteiger partial charge >= 0.3 is 6.61 Å². The molecule has 1 aliphatic carbocycles. The number of rotatable bonds is 8. The number of halogens is 2. The first-order valence-corrected chi connectivity index (χ1v) is 13.0. The maximum absolute atomic E-state index is 13.6. The fraction of sp³-hybridized carbons (Fsp3) is 0.481. The molecule has 0 unspecified atom stereocenters. The molecule has 1 aliphatic heterocycles. The number of nitrogens with zero attached hydrogens (tertiary/aromatic N) is 4. The van der Waals surface area contributed by atoms with Crippen molar-refractivity contribution in [2.24, 2.45) is 0 Å². The molecule has 3 aromatic rings. The molecule has 1 amide bonds. The van der Waals surface area contributed by atoms with E-state index in [0.29, 0.717) is 48.6 Å². The van der Waals surface area contributed by atoms with Crippen LogP contribution >= 0.6 is 0 Å². The Bertz CT molecular complexity index is 1320. The van der Waals surface area contributed by atoms with Crippen LogP contribution in [0.3, 0.4) is 0 Å². The van der Waals surface area contributed by atoms with Crippen LogP contribution in [0.2, 0.25) is 0 Å². The number of pyridine rings is 3. The summed E-state index contributed by atoms with van der Waals surface area (Å²) in [5.41, 5.74) is 1.31. The Morgan fingerprint density at radius 3 is 2.58 bits per heavy atom. The average Bonchev–Trinajstić information content (AvgIpc) is 2.93. The number of aromatic nitrogens is 3. The number of nitrogens with one attached hydrogen (secondary N) is 1. The molecule has 0 spiro atoms. The van der Waals surface area contributed by atoms with E-state index in [1.165, 1.54) is 12.3 Å². The van der Waals surface area contributed by atoms with Gasteiger partial charge in [0.2, 0.25) is 0 Å². The Morgan fingerprint density at radius 1 is 1.08 bits per heavy atom. The molecule has 0 radical (unpaired) electrons. The summed E-state index contributed by atoms with van der Waals surface area (Å²) < 4.78 is 36.4. The molecule has 38 heavy (non-hydrogen) atoms. The van der Waals surface area contributed by atoms with Crippen molar-refractivity contribution in [2.45, 2.75) is 51.3 Å². The molecule has 9 nitrogen and oxygen atoms in total. The molecule has 0 aromatic carbocycles. The predicted octanol–water partition coefficient (Wildman–Crippen LogP) is 3.45. The highest BCUT2D eigenvalue weighted by atomic mass is 19.3. The minimum absolute atomic E-state index is 0.0453. The number of amides is 1. The van der Waals surface area contributed by atoms with E-state index in [2.05, 4.69) is 24.9 Å². The van der Waals surface area contributed by atoms with Gasteiger partial charge in [0, 0.05) is 49.4 Å². The van der Waals surface area contributed by atoms with Crippen molar-refractivity contribution in [3.8, 4) is 17.0 Å². The second-order valence-corrected chi connectivity index (χ2v) is 9.67. The van der Waals surface area contributed by atoms with Crippen molar-refractivity contribution < 1.29 is 23.0 Å². The molecule has 4 heterocycles. The molecular formula is C27H31F2N5O4. The van der Waals surface area contributed by atoms with Crippen molar-refractivity contribution in [1.29, 1.82) is 0 Å². The predicted molar refractivity (Wildman–Crippen MR) is 137 cm³/mol. The highest BCUT2D eigenvalue weighted by Crippen LogP contribution is 2.24. The summed E-state index contributed by atoms with van der Waals surface area (Å²) in [4.78, 5) is 37.8. The standard InChI is InChI=1S/C27H31F2N5O4/c28-27(29)38-21-6-7-23(30-17-21)19-14-18-15-22(25(35)32-20-4-2-1-3-5-20)26(36)34(24(18)31-16-19)9-8-33-10-12-37-13-11-33/h6-7,14-17,20,27H,1-5,8-13H2,(H,32,35). The van der Waals surface area contributed by atoms with Gasteiger partial charge in [-0.2, -0.15) is 8.78 Å². The van der Waals surface area contributed by atoms with Crippen LogP contribution in [0.4, 0.5) is 8.78 Å². The average molecular weight is 528 g/mol. The fourth-order valence-corrected chi connectivity index (χ4v) is 5.08. The normalized spacial score (nSPS) is 17.1. The topological polar surface area (TPSA) is 98.6 Å². The van der Waals surface area contributed by atoms with Crippen molar-refractivity contribution in [1.82, 2.24) is 24.8 Å². The molecule has 202 valence electrons. The van der Waals surface area contributed by atoms with Crippen LogP contribution < -0.4 is 15.6 Å². The molecule has 1 saturated heterocycles. The lowest BCUT2D eigenvalue weighted by atomic mass is 9.95. The van der Waals surface area contributed by atoms with Gasteiger partial charge in [-0.15, -0.1) is 0 Å². The number of ether oxygens (including phenoxy) is 2. The monoisotopic (exact) mass is 527 g/mol. The highest BCUT2D eigenvalue weighted by Gasteiger charge is 2.22. The number of morpholine rings is 1. The molecular weight excluding hydrogens is 496 g/mol. The zero-order valence-electron chi connectivity index (χ0n) is 21.1. The first kappa shape index (κ1) is 26.2. The van der Waals surface area contributed by atoms with E-state index < -0.39 is 6.61 Å². The van der Waals surface area contributed by atoms with Gasteiger partial charge < -0.3 is 14.8 Å². The second kappa shape index (κ2) is 12.0. The van der Waals surface area contributed by atoms with Gasteiger partial charge in [0.05, 0.1) is 25.1 Å². The van der Waals surface area contributed by atoms with Crippen LogP contribution in [-0.4, -0.2) is 70.8 Å². The van der Waals surface area contributed by atoms with Gasteiger partial charge in [-0.25, -0.2) is 4.98 Å². The Morgan fingerprint density at radius 2 is 1.87 bits per heavy atom. The largest absolute Gasteiger partial charge is 0.433 e. The quantitative estimate of drug-likeness (QED) is 0.479. The van der Waals surface area contributed by atoms with E-state index in [1.54, 1.807) is 29.0 Å². The maximum atomic E-state index is 13.6. The lowest BCUT2D eigenvalue weighted by Crippen LogP contribution is -2.42. The number of carbonyl (C=O) groups is 1. The third-order valence-electron chi connectivity index (χ3n) is 7.11. The second-order valence-electron chi connectivity index (χ2n) is 9.67. The van der Waals surface area contributed by atoms with Crippen LogP contribution in [-0.2, 0) is 11.3 Å². The Kier molecular flexibility index (Phi) is 8.23. The summed E-state index contributed by atoms with van der Waals surface area (Å²) >= 11 is 0. The smallest absolute Gasteiger partial charge is 0.387 e. The van der Waals surface area contributed by atoms with Gasteiger partial charge in [0.1, 0.15) is 17.0 Å². The van der Waals surface area contributed by atoms with E-state index >= 15 is 0 Å².